The number of carbonyl (C=O) groups excluding carboxylic acids is 1. The number of benzene rings is 2. The lowest BCUT2D eigenvalue weighted by Gasteiger charge is -2.06. The third kappa shape index (κ3) is 4.86. The Morgan fingerprint density at radius 1 is 1.11 bits per heavy atom. The summed E-state index contributed by atoms with van der Waals surface area (Å²) in [5, 5.41) is 4.90. The van der Waals surface area contributed by atoms with Gasteiger partial charge in [-0.05, 0) is 54.8 Å². The highest BCUT2D eigenvalue weighted by atomic mass is 32.1. The Labute approximate surface area is 164 Å². The summed E-state index contributed by atoms with van der Waals surface area (Å²) in [5.41, 5.74) is 3.59. The minimum Gasteiger partial charge on any atom is -0.298 e. The van der Waals surface area contributed by atoms with Crippen LogP contribution < -0.4 is 5.32 Å². The molecule has 0 unspecified atom stereocenters. The minimum atomic E-state index is -4.42. The summed E-state index contributed by atoms with van der Waals surface area (Å²) in [6, 6.07) is 10.8. The van der Waals surface area contributed by atoms with E-state index in [9.17, 15) is 18.0 Å². The number of alkyl halides is 3. The summed E-state index contributed by atoms with van der Waals surface area (Å²) in [6.07, 6.45) is -1.90. The van der Waals surface area contributed by atoms with E-state index in [1.54, 1.807) is 0 Å². The molecule has 0 atom stereocenters. The highest BCUT2D eigenvalue weighted by molar-refractivity contribution is 7.14. The predicted octanol–water partition coefficient (Wildman–Crippen LogP) is 6.10. The number of nitrogens with zero attached hydrogens (tertiary/aromatic N) is 1. The topological polar surface area (TPSA) is 42.0 Å². The number of hydrogen-bond acceptors (Lipinski definition) is 3. The van der Waals surface area contributed by atoms with Crippen molar-refractivity contribution in [3.05, 3.63) is 76.2 Å². The number of hydrogen-bond donors (Lipinski definition) is 1. The Hall–Kier alpha value is -2.93. The molecule has 0 bridgehead atoms. The largest absolute Gasteiger partial charge is 0.416 e. The molecule has 1 amide bonds. The van der Waals surface area contributed by atoms with Crippen LogP contribution >= 0.6 is 11.3 Å². The molecular formula is C21H17F3N2OS. The molecule has 0 spiro atoms. The third-order valence-corrected chi connectivity index (χ3v) is 4.94. The first-order chi connectivity index (χ1) is 13.2. The van der Waals surface area contributed by atoms with Gasteiger partial charge < -0.3 is 0 Å². The standard InChI is InChI=1S/C21H17F3N2OS/c1-13-6-8-16(10-14(13)2)18-12-28-20(25-18)26-19(27)9-7-15-4-3-5-17(11-15)21(22,23)24/h3-12H,1-2H3,(H,25,26,27)/b9-7+. The molecule has 0 aliphatic heterocycles. The van der Waals surface area contributed by atoms with Gasteiger partial charge in [0.2, 0.25) is 5.91 Å². The monoisotopic (exact) mass is 402 g/mol. The number of aromatic nitrogens is 1. The highest BCUT2D eigenvalue weighted by Gasteiger charge is 2.30. The van der Waals surface area contributed by atoms with Gasteiger partial charge in [0.25, 0.3) is 0 Å². The van der Waals surface area contributed by atoms with E-state index in [2.05, 4.69) is 10.3 Å². The third-order valence-electron chi connectivity index (χ3n) is 4.18. The van der Waals surface area contributed by atoms with Gasteiger partial charge in [-0.3, -0.25) is 10.1 Å². The number of carbonyl (C=O) groups is 1. The highest BCUT2D eigenvalue weighted by Crippen LogP contribution is 2.30. The summed E-state index contributed by atoms with van der Waals surface area (Å²) >= 11 is 1.28. The van der Waals surface area contributed by atoms with E-state index < -0.39 is 17.6 Å². The quantitative estimate of drug-likeness (QED) is 0.536. The SMILES string of the molecule is Cc1ccc(-c2csc(NC(=O)/C=C/c3cccc(C(F)(F)F)c3)n2)cc1C. The Morgan fingerprint density at radius 2 is 1.89 bits per heavy atom. The van der Waals surface area contributed by atoms with Gasteiger partial charge in [-0.2, -0.15) is 13.2 Å². The summed E-state index contributed by atoms with van der Waals surface area (Å²) < 4.78 is 38.2. The molecule has 0 fully saturated rings. The second-order valence-electron chi connectivity index (χ2n) is 6.28. The van der Waals surface area contributed by atoms with E-state index in [0.29, 0.717) is 10.7 Å². The smallest absolute Gasteiger partial charge is 0.298 e. The molecule has 3 rings (SSSR count). The van der Waals surface area contributed by atoms with Crippen molar-refractivity contribution in [1.29, 1.82) is 0 Å². The molecule has 0 aliphatic rings. The summed E-state index contributed by atoms with van der Waals surface area (Å²) in [7, 11) is 0. The van der Waals surface area contributed by atoms with Gasteiger partial charge in [0, 0.05) is 17.0 Å². The fourth-order valence-corrected chi connectivity index (χ4v) is 3.22. The van der Waals surface area contributed by atoms with Crippen LogP contribution in [0.5, 0.6) is 0 Å². The lowest BCUT2D eigenvalue weighted by atomic mass is 10.1. The Balaban J connectivity index is 1.68. The number of aryl methyl sites for hydroxylation is 2. The maximum atomic E-state index is 12.7. The van der Waals surface area contributed by atoms with Crippen LogP contribution in [0.4, 0.5) is 18.3 Å². The van der Waals surface area contributed by atoms with Crippen molar-refractivity contribution < 1.29 is 18.0 Å². The lowest BCUT2D eigenvalue weighted by molar-refractivity contribution is -0.137. The zero-order valence-corrected chi connectivity index (χ0v) is 16.0. The van der Waals surface area contributed by atoms with Gasteiger partial charge in [0.05, 0.1) is 11.3 Å². The van der Waals surface area contributed by atoms with Crippen LogP contribution in [-0.2, 0) is 11.0 Å². The molecule has 3 nitrogen and oxygen atoms in total. The molecule has 1 aromatic heterocycles. The van der Waals surface area contributed by atoms with Crippen LogP contribution in [0.25, 0.3) is 17.3 Å². The van der Waals surface area contributed by atoms with Gasteiger partial charge in [-0.25, -0.2) is 4.98 Å². The average Bonchev–Trinajstić information content (AvgIpc) is 3.10. The minimum absolute atomic E-state index is 0.292. The fourth-order valence-electron chi connectivity index (χ4n) is 2.50. The first kappa shape index (κ1) is 19.8. The molecule has 144 valence electrons. The molecular weight excluding hydrogens is 385 g/mol. The zero-order chi connectivity index (χ0) is 20.3. The van der Waals surface area contributed by atoms with Crippen molar-refractivity contribution in [2.45, 2.75) is 20.0 Å². The number of halogens is 3. The molecule has 1 heterocycles. The maximum Gasteiger partial charge on any atom is 0.416 e. The molecule has 0 saturated heterocycles. The van der Waals surface area contributed by atoms with Crippen LogP contribution in [0.1, 0.15) is 22.3 Å². The van der Waals surface area contributed by atoms with E-state index >= 15 is 0 Å². The van der Waals surface area contributed by atoms with Gasteiger partial charge >= 0.3 is 6.18 Å². The second-order valence-corrected chi connectivity index (χ2v) is 7.14. The summed E-state index contributed by atoms with van der Waals surface area (Å²) in [6.45, 7) is 4.05. The van der Waals surface area contributed by atoms with Crippen molar-refractivity contribution in [2.75, 3.05) is 5.32 Å². The van der Waals surface area contributed by atoms with E-state index in [0.717, 1.165) is 29.0 Å². The van der Waals surface area contributed by atoms with E-state index in [-0.39, 0.29) is 0 Å². The van der Waals surface area contributed by atoms with Gasteiger partial charge in [-0.1, -0.05) is 24.3 Å². The van der Waals surface area contributed by atoms with E-state index in [1.807, 2.05) is 37.4 Å². The first-order valence-corrected chi connectivity index (χ1v) is 9.30. The predicted molar refractivity (Wildman–Crippen MR) is 106 cm³/mol. The lowest BCUT2D eigenvalue weighted by Crippen LogP contribution is -2.07. The molecule has 7 heteroatoms. The maximum absolute atomic E-state index is 12.7. The number of thiazole rings is 1. The van der Waals surface area contributed by atoms with Crippen molar-refractivity contribution in [1.82, 2.24) is 4.98 Å². The fraction of sp³-hybridized carbons (Fsp3) is 0.143. The normalized spacial score (nSPS) is 11.8. The molecule has 1 N–H and O–H groups in total. The van der Waals surface area contributed by atoms with E-state index in [4.69, 9.17) is 0 Å². The van der Waals surface area contributed by atoms with Gasteiger partial charge in [0.15, 0.2) is 5.13 Å². The van der Waals surface area contributed by atoms with Crippen LogP contribution in [0, 0.1) is 13.8 Å². The van der Waals surface area contributed by atoms with Gasteiger partial charge in [-0.15, -0.1) is 11.3 Å². The molecule has 0 radical (unpaired) electrons. The number of anilines is 1. The molecule has 28 heavy (non-hydrogen) atoms. The van der Waals surface area contributed by atoms with Gasteiger partial charge in [0.1, 0.15) is 0 Å². The number of nitrogens with one attached hydrogen (secondary N) is 1. The molecule has 0 aliphatic carbocycles. The summed E-state index contributed by atoms with van der Waals surface area (Å²) in [4.78, 5) is 16.5. The molecule has 3 aromatic rings. The Bertz CT molecular complexity index is 1040. The van der Waals surface area contributed by atoms with Crippen molar-refractivity contribution >= 4 is 28.5 Å². The van der Waals surface area contributed by atoms with Crippen molar-refractivity contribution in [3.63, 3.8) is 0 Å². The van der Waals surface area contributed by atoms with Crippen molar-refractivity contribution in [3.8, 4) is 11.3 Å². The number of amides is 1. The van der Waals surface area contributed by atoms with Crippen molar-refractivity contribution in [2.24, 2.45) is 0 Å². The van der Waals surface area contributed by atoms with Crippen LogP contribution in [0.15, 0.2) is 53.9 Å². The molecule has 0 saturated carbocycles. The zero-order valence-electron chi connectivity index (χ0n) is 15.2. The van der Waals surface area contributed by atoms with E-state index in [1.165, 1.54) is 41.2 Å². The van der Waals surface area contributed by atoms with Crippen LogP contribution in [0.3, 0.4) is 0 Å². The first-order valence-electron chi connectivity index (χ1n) is 8.42. The average molecular weight is 402 g/mol. The Morgan fingerprint density at radius 3 is 2.61 bits per heavy atom. The van der Waals surface area contributed by atoms with Crippen LogP contribution in [0.2, 0.25) is 0 Å². The second kappa shape index (κ2) is 7.98. The summed E-state index contributed by atoms with van der Waals surface area (Å²) in [5.74, 6) is -0.460. The molecule has 2 aromatic carbocycles. The number of rotatable bonds is 4. The van der Waals surface area contributed by atoms with Crippen LogP contribution in [-0.4, -0.2) is 10.9 Å². The Kier molecular flexibility index (Phi) is 5.65.